The molecule has 6 nitrogen and oxygen atoms in total. The van der Waals surface area contributed by atoms with Gasteiger partial charge in [-0.3, -0.25) is 4.79 Å². The number of carbonyl (C=O) groups is 2. The van der Waals surface area contributed by atoms with Gasteiger partial charge in [0.15, 0.2) is 11.5 Å². The van der Waals surface area contributed by atoms with Gasteiger partial charge in [0, 0.05) is 6.08 Å². The summed E-state index contributed by atoms with van der Waals surface area (Å²) in [5.41, 5.74) is 1.52. The Hall–Kier alpha value is -3.28. The number of anilines is 1. The highest BCUT2D eigenvalue weighted by Crippen LogP contribution is 2.32. The molecule has 1 N–H and O–H groups in total. The van der Waals surface area contributed by atoms with E-state index in [0.29, 0.717) is 22.7 Å². The van der Waals surface area contributed by atoms with E-state index in [2.05, 4.69) is 5.32 Å². The monoisotopic (exact) mass is 339 g/mol. The molecule has 0 saturated heterocycles. The number of hydrogen-bond acceptors (Lipinski definition) is 5. The molecule has 1 aliphatic rings. The molecule has 25 heavy (non-hydrogen) atoms. The topological polar surface area (TPSA) is 73.9 Å². The summed E-state index contributed by atoms with van der Waals surface area (Å²) in [7, 11) is 0. The molecule has 0 fully saturated rings. The van der Waals surface area contributed by atoms with Gasteiger partial charge in [0.05, 0.1) is 17.9 Å². The first kappa shape index (κ1) is 16.6. The van der Waals surface area contributed by atoms with Crippen molar-refractivity contribution in [2.45, 2.75) is 6.92 Å². The van der Waals surface area contributed by atoms with E-state index >= 15 is 0 Å². The van der Waals surface area contributed by atoms with Crippen molar-refractivity contribution < 1.29 is 23.8 Å². The summed E-state index contributed by atoms with van der Waals surface area (Å²) in [6.07, 6.45) is 3.05. The zero-order valence-corrected chi connectivity index (χ0v) is 13.7. The Morgan fingerprint density at radius 2 is 1.96 bits per heavy atom. The number of nitrogens with one attached hydrogen (secondary N) is 1. The van der Waals surface area contributed by atoms with Gasteiger partial charge in [-0.15, -0.1) is 0 Å². The number of ether oxygens (including phenoxy) is 3. The van der Waals surface area contributed by atoms with Crippen LogP contribution < -0.4 is 14.8 Å². The van der Waals surface area contributed by atoms with E-state index in [1.54, 1.807) is 49.4 Å². The van der Waals surface area contributed by atoms with E-state index in [-0.39, 0.29) is 19.3 Å². The number of rotatable bonds is 5. The van der Waals surface area contributed by atoms with E-state index in [4.69, 9.17) is 14.2 Å². The van der Waals surface area contributed by atoms with Crippen LogP contribution in [0.5, 0.6) is 11.5 Å². The highest BCUT2D eigenvalue weighted by Gasteiger charge is 2.14. The van der Waals surface area contributed by atoms with Gasteiger partial charge >= 0.3 is 5.97 Å². The summed E-state index contributed by atoms with van der Waals surface area (Å²) in [6.45, 7) is 2.20. The van der Waals surface area contributed by atoms with Crippen LogP contribution in [0.15, 0.2) is 48.5 Å². The third-order valence-electron chi connectivity index (χ3n) is 3.50. The lowest BCUT2D eigenvalue weighted by molar-refractivity contribution is -0.111. The van der Waals surface area contributed by atoms with Gasteiger partial charge in [-0.2, -0.15) is 0 Å². The minimum Gasteiger partial charge on any atom is -0.462 e. The molecule has 2 aromatic carbocycles. The summed E-state index contributed by atoms with van der Waals surface area (Å²) < 4.78 is 15.5. The molecule has 0 spiro atoms. The fourth-order valence-electron chi connectivity index (χ4n) is 2.34. The molecule has 0 radical (unpaired) electrons. The number of amides is 1. The molecule has 2 aromatic rings. The van der Waals surface area contributed by atoms with E-state index in [9.17, 15) is 9.59 Å². The number of carbonyl (C=O) groups excluding carboxylic acids is 2. The molecule has 0 atom stereocenters. The first-order valence-corrected chi connectivity index (χ1v) is 7.82. The van der Waals surface area contributed by atoms with Crippen molar-refractivity contribution >= 4 is 23.6 Å². The second-order valence-corrected chi connectivity index (χ2v) is 5.20. The Morgan fingerprint density at radius 1 is 1.16 bits per heavy atom. The molecule has 0 saturated carbocycles. The second-order valence-electron chi connectivity index (χ2n) is 5.20. The van der Waals surface area contributed by atoms with Crippen molar-refractivity contribution in [3.05, 3.63) is 59.7 Å². The highest BCUT2D eigenvalue weighted by molar-refractivity contribution is 6.06. The van der Waals surface area contributed by atoms with Crippen LogP contribution in [0.4, 0.5) is 5.69 Å². The molecule has 1 amide bonds. The Morgan fingerprint density at radius 3 is 2.80 bits per heavy atom. The zero-order chi connectivity index (χ0) is 17.6. The van der Waals surface area contributed by atoms with Crippen LogP contribution in [0.3, 0.4) is 0 Å². The van der Waals surface area contributed by atoms with Crippen LogP contribution in [-0.4, -0.2) is 25.3 Å². The van der Waals surface area contributed by atoms with Crippen LogP contribution in [0.25, 0.3) is 6.08 Å². The van der Waals surface area contributed by atoms with Crippen molar-refractivity contribution in [3.63, 3.8) is 0 Å². The molecule has 128 valence electrons. The second kappa shape index (κ2) is 7.53. The van der Waals surface area contributed by atoms with Crippen LogP contribution >= 0.6 is 0 Å². The van der Waals surface area contributed by atoms with Gasteiger partial charge in [0.2, 0.25) is 12.7 Å². The summed E-state index contributed by atoms with van der Waals surface area (Å²) >= 11 is 0. The summed E-state index contributed by atoms with van der Waals surface area (Å²) in [5.74, 6) is 0.507. The van der Waals surface area contributed by atoms with Gasteiger partial charge in [0.1, 0.15) is 0 Å². The lowest BCUT2D eigenvalue weighted by Crippen LogP contribution is -2.13. The number of benzene rings is 2. The predicted octanol–water partition coefficient (Wildman–Crippen LogP) is 3.24. The van der Waals surface area contributed by atoms with Crippen molar-refractivity contribution in [1.82, 2.24) is 0 Å². The largest absolute Gasteiger partial charge is 0.462 e. The predicted molar refractivity (Wildman–Crippen MR) is 92.6 cm³/mol. The zero-order valence-electron chi connectivity index (χ0n) is 13.7. The van der Waals surface area contributed by atoms with Gasteiger partial charge in [0.25, 0.3) is 0 Å². The Kier molecular flexibility index (Phi) is 4.99. The van der Waals surface area contributed by atoms with Crippen molar-refractivity contribution in [1.29, 1.82) is 0 Å². The van der Waals surface area contributed by atoms with Gasteiger partial charge < -0.3 is 19.5 Å². The van der Waals surface area contributed by atoms with Crippen molar-refractivity contribution in [2.75, 3.05) is 18.7 Å². The van der Waals surface area contributed by atoms with Crippen molar-refractivity contribution in [3.8, 4) is 11.5 Å². The lowest BCUT2D eigenvalue weighted by Gasteiger charge is -2.08. The summed E-state index contributed by atoms with van der Waals surface area (Å²) in [6, 6.07) is 12.1. The smallest absolute Gasteiger partial charge is 0.340 e. The Balaban J connectivity index is 1.70. The first-order valence-electron chi connectivity index (χ1n) is 7.82. The van der Waals surface area contributed by atoms with Crippen LogP contribution in [0.1, 0.15) is 22.8 Å². The van der Waals surface area contributed by atoms with Gasteiger partial charge in [-0.25, -0.2) is 4.79 Å². The third-order valence-corrected chi connectivity index (χ3v) is 3.50. The standard InChI is InChI=1S/C19H17NO5/c1-2-23-19(22)14-5-3-4-6-15(14)20-18(21)10-8-13-7-9-16-17(11-13)25-12-24-16/h3-11H,2,12H2,1H3,(H,20,21)/b10-8+. The normalized spacial score (nSPS) is 12.2. The quantitative estimate of drug-likeness (QED) is 0.669. The fourth-order valence-corrected chi connectivity index (χ4v) is 2.34. The maximum atomic E-state index is 12.1. The van der Waals surface area contributed by atoms with Crippen LogP contribution in [0.2, 0.25) is 0 Å². The van der Waals surface area contributed by atoms with E-state index in [1.165, 1.54) is 6.08 Å². The average Bonchev–Trinajstić information content (AvgIpc) is 3.08. The molecule has 0 aliphatic carbocycles. The summed E-state index contributed by atoms with van der Waals surface area (Å²) in [4.78, 5) is 24.1. The lowest BCUT2D eigenvalue weighted by atomic mass is 10.1. The maximum Gasteiger partial charge on any atom is 0.340 e. The number of fused-ring (bicyclic) bond motifs is 1. The SMILES string of the molecule is CCOC(=O)c1ccccc1NC(=O)/C=C/c1ccc2c(c1)OCO2. The van der Waals surface area contributed by atoms with Crippen molar-refractivity contribution in [2.24, 2.45) is 0 Å². The average molecular weight is 339 g/mol. The molecule has 6 heteroatoms. The minimum atomic E-state index is -0.474. The Bertz CT molecular complexity index is 828. The minimum absolute atomic E-state index is 0.202. The van der Waals surface area contributed by atoms with Crippen LogP contribution in [-0.2, 0) is 9.53 Å². The fraction of sp³-hybridized carbons (Fsp3) is 0.158. The number of para-hydroxylation sites is 1. The molecule has 1 heterocycles. The van der Waals surface area contributed by atoms with Crippen LogP contribution in [0, 0.1) is 0 Å². The molecule has 0 bridgehead atoms. The first-order chi connectivity index (χ1) is 12.2. The molecule has 0 unspecified atom stereocenters. The molecular formula is C19H17NO5. The third kappa shape index (κ3) is 3.98. The highest BCUT2D eigenvalue weighted by atomic mass is 16.7. The van der Waals surface area contributed by atoms with Gasteiger partial charge in [-0.1, -0.05) is 18.2 Å². The number of esters is 1. The van der Waals surface area contributed by atoms with E-state index in [1.807, 2.05) is 6.07 Å². The molecular weight excluding hydrogens is 322 g/mol. The number of hydrogen-bond donors (Lipinski definition) is 1. The summed E-state index contributed by atoms with van der Waals surface area (Å²) in [5, 5.41) is 2.69. The maximum absolute atomic E-state index is 12.1. The van der Waals surface area contributed by atoms with Gasteiger partial charge in [-0.05, 0) is 42.8 Å². The molecule has 3 rings (SSSR count). The van der Waals surface area contributed by atoms with E-state index < -0.39 is 5.97 Å². The van der Waals surface area contributed by atoms with E-state index in [0.717, 1.165) is 5.56 Å². The molecule has 1 aliphatic heterocycles. The Labute approximate surface area is 145 Å². The molecule has 0 aromatic heterocycles.